The molecule has 0 bridgehead atoms. The number of ether oxygens (including phenoxy) is 2. The van der Waals surface area contributed by atoms with Gasteiger partial charge in [-0.25, -0.2) is 4.98 Å². The van der Waals surface area contributed by atoms with Crippen molar-refractivity contribution in [2.75, 3.05) is 31.5 Å². The predicted molar refractivity (Wildman–Crippen MR) is 129 cm³/mol. The molecule has 1 amide bonds. The van der Waals surface area contributed by atoms with E-state index in [4.69, 9.17) is 9.47 Å². The molecule has 4 atom stereocenters. The number of nitrogens with zero attached hydrogens (tertiary/aromatic N) is 4. The van der Waals surface area contributed by atoms with Crippen molar-refractivity contribution in [2.45, 2.75) is 44.8 Å². The van der Waals surface area contributed by atoms with Crippen LogP contribution in [0.3, 0.4) is 0 Å². The molecule has 34 heavy (non-hydrogen) atoms. The number of amides is 1. The van der Waals surface area contributed by atoms with E-state index in [1.807, 2.05) is 25.5 Å². The number of hydrogen-bond acceptors (Lipinski definition) is 8. The molecule has 1 aromatic carbocycles. The Hall–Kier alpha value is -2.54. The first-order valence-corrected chi connectivity index (χ1v) is 12.0. The van der Waals surface area contributed by atoms with Crippen LogP contribution in [0.5, 0.6) is 0 Å². The minimum Gasteiger partial charge on any atom is -0.372 e. The van der Waals surface area contributed by atoms with E-state index in [9.17, 15) is 14.9 Å². The zero-order valence-electron chi connectivity index (χ0n) is 19.4. The molecule has 2 N–H and O–H groups in total. The molecule has 0 unspecified atom stereocenters. The van der Waals surface area contributed by atoms with Gasteiger partial charge >= 0.3 is 0 Å². The molecule has 1 aromatic heterocycles. The first-order chi connectivity index (χ1) is 16.2. The zero-order chi connectivity index (χ0) is 24.4. The lowest BCUT2D eigenvalue weighted by atomic mass is 10.1. The quantitative estimate of drug-likeness (QED) is 0.408. The SMILES string of the molecule is C[C@@H]1CN(C(=O)c2cc(Br)cc([N+](=O)[O-])c2N[C@H]2CNC[C@@H]2OCc2cncn2C)C[C@H](C)O1. The fourth-order valence-corrected chi connectivity index (χ4v) is 4.89. The summed E-state index contributed by atoms with van der Waals surface area (Å²) in [5.41, 5.74) is 1.21. The number of anilines is 1. The van der Waals surface area contributed by atoms with Crippen LogP contribution in [0.1, 0.15) is 29.9 Å². The van der Waals surface area contributed by atoms with Crippen LogP contribution >= 0.6 is 15.9 Å². The highest BCUT2D eigenvalue weighted by Gasteiger charge is 2.35. The number of carbonyl (C=O) groups excluding carboxylic acids is 1. The van der Waals surface area contributed by atoms with Gasteiger partial charge < -0.3 is 29.6 Å². The Kier molecular flexibility index (Phi) is 7.51. The summed E-state index contributed by atoms with van der Waals surface area (Å²) in [6.45, 7) is 6.15. The summed E-state index contributed by atoms with van der Waals surface area (Å²) in [5.74, 6) is -0.271. The second-order valence-corrected chi connectivity index (χ2v) is 9.74. The molecule has 4 rings (SSSR count). The molecular weight excluding hydrogens is 508 g/mol. The first-order valence-electron chi connectivity index (χ1n) is 11.2. The van der Waals surface area contributed by atoms with E-state index in [1.165, 1.54) is 6.07 Å². The molecule has 0 radical (unpaired) electrons. The van der Waals surface area contributed by atoms with E-state index in [1.54, 1.807) is 23.5 Å². The summed E-state index contributed by atoms with van der Waals surface area (Å²) in [7, 11) is 1.89. The average molecular weight is 537 g/mol. The number of benzene rings is 1. The number of nitrogens with one attached hydrogen (secondary N) is 2. The van der Waals surface area contributed by atoms with Crippen molar-refractivity contribution in [1.82, 2.24) is 19.8 Å². The Morgan fingerprint density at radius 3 is 2.74 bits per heavy atom. The maximum atomic E-state index is 13.5. The Labute approximate surface area is 206 Å². The maximum absolute atomic E-state index is 13.5. The monoisotopic (exact) mass is 536 g/mol. The lowest BCUT2D eigenvalue weighted by Crippen LogP contribution is -2.48. The summed E-state index contributed by atoms with van der Waals surface area (Å²) < 4.78 is 14.2. The lowest BCUT2D eigenvalue weighted by molar-refractivity contribution is -0.384. The van der Waals surface area contributed by atoms with E-state index in [0.29, 0.717) is 37.3 Å². The standard InChI is InChI=1S/C22H29BrN6O5/c1-13-9-28(10-14(2)34-13)22(30)17-4-15(23)5-19(29(31)32)21(17)26-18-7-24-8-20(18)33-11-16-6-25-12-27(16)3/h4-6,12-14,18,20,24,26H,7-11H2,1-3H3/t13-,14+,18-,20-/m0/s1. The summed E-state index contributed by atoms with van der Waals surface area (Å²) in [6, 6.07) is 2.79. The van der Waals surface area contributed by atoms with E-state index in [-0.39, 0.29) is 47.2 Å². The molecule has 2 aromatic rings. The molecule has 3 heterocycles. The van der Waals surface area contributed by atoms with Gasteiger partial charge in [0.25, 0.3) is 11.6 Å². The highest BCUT2D eigenvalue weighted by atomic mass is 79.9. The van der Waals surface area contributed by atoms with Gasteiger partial charge in [-0.15, -0.1) is 0 Å². The number of nitro benzene ring substituents is 1. The van der Waals surface area contributed by atoms with Crippen LogP contribution in [0.15, 0.2) is 29.1 Å². The van der Waals surface area contributed by atoms with E-state index in [0.717, 1.165) is 5.69 Å². The van der Waals surface area contributed by atoms with Crippen molar-refractivity contribution >= 4 is 33.2 Å². The van der Waals surface area contributed by atoms with E-state index < -0.39 is 4.92 Å². The van der Waals surface area contributed by atoms with E-state index >= 15 is 0 Å². The van der Waals surface area contributed by atoms with E-state index in [2.05, 4.69) is 31.5 Å². The third kappa shape index (κ3) is 5.40. The smallest absolute Gasteiger partial charge is 0.294 e. The molecule has 2 aliphatic heterocycles. The fraction of sp³-hybridized carbons (Fsp3) is 0.545. The van der Waals surface area contributed by atoms with Crippen molar-refractivity contribution < 1.29 is 19.2 Å². The van der Waals surface area contributed by atoms with Crippen LogP contribution in [0.2, 0.25) is 0 Å². The fourth-order valence-electron chi connectivity index (χ4n) is 4.45. The number of nitro groups is 1. The highest BCUT2D eigenvalue weighted by Crippen LogP contribution is 2.35. The van der Waals surface area contributed by atoms with Gasteiger partial charge in [0.05, 0.1) is 59.7 Å². The largest absolute Gasteiger partial charge is 0.372 e. The molecule has 2 aliphatic rings. The number of imidazole rings is 1. The van der Waals surface area contributed by atoms with Crippen molar-refractivity contribution in [2.24, 2.45) is 7.05 Å². The van der Waals surface area contributed by atoms with Crippen molar-refractivity contribution in [1.29, 1.82) is 0 Å². The molecule has 2 fully saturated rings. The zero-order valence-corrected chi connectivity index (χ0v) is 20.9. The number of halogens is 1. The van der Waals surface area contributed by atoms with Crippen molar-refractivity contribution in [3.63, 3.8) is 0 Å². The van der Waals surface area contributed by atoms with Gasteiger partial charge in [0.1, 0.15) is 5.69 Å². The van der Waals surface area contributed by atoms with Crippen LogP contribution < -0.4 is 10.6 Å². The van der Waals surface area contributed by atoms with Crippen molar-refractivity contribution in [3.8, 4) is 0 Å². The number of aromatic nitrogens is 2. The van der Waals surface area contributed by atoms with Gasteiger partial charge in [-0.05, 0) is 19.9 Å². The second-order valence-electron chi connectivity index (χ2n) is 8.83. The number of hydrogen-bond donors (Lipinski definition) is 2. The van der Waals surface area contributed by atoms with Gasteiger partial charge in [0.15, 0.2) is 0 Å². The van der Waals surface area contributed by atoms with Crippen LogP contribution in [0.25, 0.3) is 0 Å². The molecule has 0 aliphatic carbocycles. The van der Waals surface area contributed by atoms with Gasteiger partial charge in [-0.1, -0.05) is 15.9 Å². The highest BCUT2D eigenvalue weighted by molar-refractivity contribution is 9.10. The lowest BCUT2D eigenvalue weighted by Gasteiger charge is -2.35. The van der Waals surface area contributed by atoms with Gasteiger partial charge in [0, 0.05) is 43.8 Å². The number of aryl methyl sites for hydroxylation is 1. The summed E-state index contributed by atoms with van der Waals surface area (Å²) >= 11 is 3.34. The van der Waals surface area contributed by atoms with Crippen molar-refractivity contribution in [3.05, 3.63) is 50.5 Å². The average Bonchev–Trinajstić information content (AvgIpc) is 3.40. The Balaban J connectivity index is 1.60. The van der Waals surface area contributed by atoms with Gasteiger partial charge in [-0.2, -0.15) is 0 Å². The summed E-state index contributed by atoms with van der Waals surface area (Å²) in [6.07, 6.45) is 2.97. The van der Waals surface area contributed by atoms with Gasteiger partial charge in [0.2, 0.25) is 0 Å². The number of rotatable bonds is 7. The van der Waals surface area contributed by atoms with Gasteiger partial charge in [-0.3, -0.25) is 14.9 Å². The molecular formula is C22H29BrN6O5. The van der Waals surface area contributed by atoms with Crippen LogP contribution in [-0.2, 0) is 23.1 Å². The summed E-state index contributed by atoms with van der Waals surface area (Å²) in [5, 5.41) is 18.5. The maximum Gasteiger partial charge on any atom is 0.294 e. The molecule has 2 saturated heterocycles. The Bertz CT molecular complexity index is 1050. The van der Waals surface area contributed by atoms with Crippen LogP contribution in [0, 0.1) is 10.1 Å². The third-order valence-electron chi connectivity index (χ3n) is 6.07. The number of carbonyl (C=O) groups is 1. The minimum absolute atomic E-state index is 0.116. The molecule has 0 saturated carbocycles. The predicted octanol–water partition coefficient (Wildman–Crippen LogP) is 2.31. The topological polar surface area (TPSA) is 124 Å². The second kappa shape index (κ2) is 10.4. The normalized spacial score (nSPS) is 24.9. The third-order valence-corrected chi connectivity index (χ3v) is 6.52. The molecule has 11 nitrogen and oxygen atoms in total. The number of morpholine rings is 1. The van der Waals surface area contributed by atoms with Crippen LogP contribution in [-0.4, -0.2) is 75.8 Å². The Morgan fingerprint density at radius 2 is 2.09 bits per heavy atom. The minimum atomic E-state index is -0.470. The molecule has 12 heteroatoms. The molecule has 184 valence electrons. The molecule has 0 spiro atoms. The van der Waals surface area contributed by atoms with Crippen LogP contribution in [0.4, 0.5) is 11.4 Å². The summed E-state index contributed by atoms with van der Waals surface area (Å²) in [4.78, 5) is 30.8. The first kappa shape index (κ1) is 24.6. The Morgan fingerprint density at radius 1 is 1.35 bits per heavy atom.